The summed E-state index contributed by atoms with van der Waals surface area (Å²) in [6, 6.07) is 0. The summed E-state index contributed by atoms with van der Waals surface area (Å²) in [7, 11) is 3.69. The molecule has 0 fully saturated rings. The molecule has 0 bridgehead atoms. The van der Waals surface area contributed by atoms with Crippen LogP contribution in [0.1, 0.15) is 4.88 Å². The van der Waals surface area contributed by atoms with Gasteiger partial charge in [-0.1, -0.05) is 22.9 Å². The van der Waals surface area contributed by atoms with E-state index in [2.05, 4.69) is 4.98 Å². The number of anilines is 1. The van der Waals surface area contributed by atoms with Crippen LogP contribution in [0.25, 0.3) is 6.08 Å². The molecule has 0 saturated carbocycles. The average molecular weight is 233 g/mol. The SMILES string of the molecule is CN(C)c1nc(Cl)c(/C=C/C(=O)O)s1. The van der Waals surface area contributed by atoms with E-state index in [1.54, 1.807) is 0 Å². The highest BCUT2D eigenvalue weighted by atomic mass is 35.5. The van der Waals surface area contributed by atoms with Gasteiger partial charge in [0.1, 0.15) is 5.15 Å². The van der Waals surface area contributed by atoms with Crippen LogP contribution in [0.3, 0.4) is 0 Å². The number of carboxylic acid groups (broad SMARTS) is 1. The molecular formula is C8H9ClN2O2S. The van der Waals surface area contributed by atoms with Crippen molar-refractivity contribution in [3.63, 3.8) is 0 Å². The van der Waals surface area contributed by atoms with Gasteiger partial charge in [-0.05, 0) is 6.08 Å². The van der Waals surface area contributed by atoms with Gasteiger partial charge in [0.15, 0.2) is 5.13 Å². The van der Waals surface area contributed by atoms with E-state index < -0.39 is 5.97 Å². The maximum absolute atomic E-state index is 10.3. The summed E-state index contributed by atoms with van der Waals surface area (Å²) in [6.07, 6.45) is 2.48. The van der Waals surface area contributed by atoms with Gasteiger partial charge in [-0.15, -0.1) is 0 Å². The fourth-order valence-electron chi connectivity index (χ4n) is 0.743. The lowest BCUT2D eigenvalue weighted by molar-refractivity contribution is -0.131. The standard InChI is InChI=1S/C8H9ClN2O2S/c1-11(2)8-10-7(9)5(14-8)3-4-6(12)13/h3-4H,1-2H3,(H,12,13)/b4-3+. The third kappa shape index (κ3) is 2.71. The van der Waals surface area contributed by atoms with E-state index >= 15 is 0 Å². The topological polar surface area (TPSA) is 53.4 Å². The van der Waals surface area contributed by atoms with Crippen LogP contribution in [0.5, 0.6) is 0 Å². The molecule has 76 valence electrons. The number of hydrogen-bond acceptors (Lipinski definition) is 4. The molecule has 0 radical (unpaired) electrons. The van der Waals surface area contributed by atoms with E-state index in [-0.39, 0.29) is 0 Å². The van der Waals surface area contributed by atoms with Crippen molar-refractivity contribution in [1.82, 2.24) is 4.98 Å². The molecule has 1 N–H and O–H groups in total. The predicted octanol–water partition coefficient (Wildman–Crippen LogP) is 1.96. The van der Waals surface area contributed by atoms with Crippen molar-refractivity contribution in [2.24, 2.45) is 0 Å². The van der Waals surface area contributed by atoms with Crippen LogP contribution in [-0.2, 0) is 4.79 Å². The maximum Gasteiger partial charge on any atom is 0.328 e. The van der Waals surface area contributed by atoms with Gasteiger partial charge in [-0.25, -0.2) is 9.78 Å². The van der Waals surface area contributed by atoms with Crippen molar-refractivity contribution in [2.75, 3.05) is 19.0 Å². The Kier molecular flexibility index (Phi) is 3.49. The largest absolute Gasteiger partial charge is 0.478 e. The van der Waals surface area contributed by atoms with E-state index in [0.29, 0.717) is 10.0 Å². The molecular weight excluding hydrogens is 224 g/mol. The second-order valence-corrected chi connectivity index (χ2v) is 4.08. The number of aromatic nitrogens is 1. The highest BCUT2D eigenvalue weighted by molar-refractivity contribution is 7.17. The minimum Gasteiger partial charge on any atom is -0.478 e. The molecule has 0 aliphatic heterocycles. The summed E-state index contributed by atoms with van der Waals surface area (Å²) in [4.78, 5) is 16.8. The van der Waals surface area contributed by atoms with E-state index in [9.17, 15) is 4.79 Å². The average Bonchev–Trinajstić information content (AvgIpc) is 2.43. The highest BCUT2D eigenvalue weighted by Crippen LogP contribution is 2.29. The van der Waals surface area contributed by atoms with Gasteiger partial charge in [0.05, 0.1) is 4.88 Å². The predicted molar refractivity (Wildman–Crippen MR) is 58.1 cm³/mol. The third-order valence-corrected chi connectivity index (χ3v) is 2.95. The van der Waals surface area contributed by atoms with Crippen molar-refractivity contribution in [3.8, 4) is 0 Å². The van der Waals surface area contributed by atoms with Crippen LogP contribution >= 0.6 is 22.9 Å². The zero-order chi connectivity index (χ0) is 10.7. The number of carboxylic acids is 1. The number of nitrogens with zero attached hydrogens (tertiary/aromatic N) is 2. The molecule has 0 aliphatic rings. The summed E-state index contributed by atoms with van der Waals surface area (Å²) in [5, 5.41) is 9.51. The van der Waals surface area contributed by atoms with E-state index in [1.165, 1.54) is 17.4 Å². The van der Waals surface area contributed by atoms with Gasteiger partial charge in [0.25, 0.3) is 0 Å². The van der Waals surface area contributed by atoms with Crippen LogP contribution in [0.4, 0.5) is 5.13 Å². The minimum atomic E-state index is -0.999. The normalized spacial score (nSPS) is 10.8. The summed E-state index contributed by atoms with van der Waals surface area (Å²) in [6.45, 7) is 0. The lowest BCUT2D eigenvalue weighted by Gasteiger charge is -2.04. The zero-order valence-electron chi connectivity index (χ0n) is 7.69. The molecule has 1 aromatic rings. The lowest BCUT2D eigenvalue weighted by atomic mass is 10.4. The van der Waals surface area contributed by atoms with Gasteiger partial charge in [0, 0.05) is 20.2 Å². The monoisotopic (exact) mass is 232 g/mol. The fraction of sp³-hybridized carbons (Fsp3) is 0.250. The first kappa shape index (κ1) is 11.0. The van der Waals surface area contributed by atoms with Gasteiger partial charge < -0.3 is 10.0 Å². The molecule has 4 nitrogen and oxygen atoms in total. The molecule has 0 aliphatic carbocycles. The molecule has 6 heteroatoms. The van der Waals surface area contributed by atoms with Crippen molar-refractivity contribution in [3.05, 3.63) is 16.1 Å². The minimum absolute atomic E-state index is 0.330. The Morgan fingerprint density at radius 2 is 2.29 bits per heavy atom. The fourth-order valence-corrected chi connectivity index (χ4v) is 1.83. The van der Waals surface area contributed by atoms with Crippen LogP contribution < -0.4 is 4.90 Å². The molecule has 1 heterocycles. The number of carbonyl (C=O) groups is 1. The lowest BCUT2D eigenvalue weighted by Crippen LogP contribution is -2.07. The molecule has 0 unspecified atom stereocenters. The second kappa shape index (κ2) is 4.43. The summed E-state index contributed by atoms with van der Waals surface area (Å²) in [5.74, 6) is -0.999. The van der Waals surface area contributed by atoms with Crippen LogP contribution in [-0.4, -0.2) is 30.2 Å². The van der Waals surface area contributed by atoms with Crippen LogP contribution in [0.15, 0.2) is 6.08 Å². The molecule has 0 aromatic carbocycles. The molecule has 0 spiro atoms. The zero-order valence-corrected chi connectivity index (χ0v) is 9.26. The van der Waals surface area contributed by atoms with Crippen LogP contribution in [0.2, 0.25) is 5.15 Å². The van der Waals surface area contributed by atoms with E-state index in [1.807, 2.05) is 19.0 Å². The quantitative estimate of drug-likeness (QED) is 0.810. The Hall–Kier alpha value is -1.07. The van der Waals surface area contributed by atoms with Crippen molar-refractivity contribution < 1.29 is 9.90 Å². The summed E-state index contributed by atoms with van der Waals surface area (Å²) < 4.78 is 0. The Morgan fingerprint density at radius 1 is 1.64 bits per heavy atom. The Labute approximate surface area is 90.4 Å². The van der Waals surface area contributed by atoms with E-state index in [0.717, 1.165) is 11.2 Å². The molecule has 0 atom stereocenters. The van der Waals surface area contributed by atoms with Gasteiger partial charge in [-0.3, -0.25) is 0 Å². The number of rotatable bonds is 3. The number of hydrogen-bond donors (Lipinski definition) is 1. The third-order valence-electron chi connectivity index (χ3n) is 1.36. The molecule has 1 rings (SSSR count). The number of thiazole rings is 1. The van der Waals surface area contributed by atoms with Gasteiger partial charge >= 0.3 is 5.97 Å². The smallest absolute Gasteiger partial charge is 0.328 e. The first-order chi connectivity index (χ1) is 6.50. The van der Waals surface area contributed by atoms with Gasteiger partial charge in [0.2, 0.25) is 0 Å². The second-order valence-electron chi connectivity index (χ2n) is 2.72. The van der Waals surface area contributed by atoms with Crippen molar-refractivity contribution in [2.45, 2.75) is 0 Å². The highest BCUT2D eigenvalue weighted by Gasteiger charge is 2.07. The summed E-state index contributed by atoms with van der Waals surface area (Å²) in [5.41, 5.74) is 0. The molecule has 0 saturated heterocycles. The number of halogens is 1. The van der Waals surface area contributed by atoms with Crippen molar-refractivity contribution >= 4 is 40.1 Å². The maximum atomic E-state index is 10.3. The van der Waals surface area contributed by atoms with Crippen LogP contribution in [0, 0.1) is 0 Å². The Morgan fingerprint density at radius 3 is 2.71 bits per heavy atom. The Balaban J connectivity index is 2.93. The van der Waals surface area contributed by atoms with Crippen molar-refractivity contribution in [1.29, 1.82) is 0 Å². The molecule has 14 heavy (non-hydrogen) atoms. The first-order valence-electron chi connectivity index (χ1n) is 3.75. The Bertz CT molecular complexity index is 373. The van der Waals surface area contributed by atoms with E-state index in [4.69, 9.17) is 16.7 Å². The van der Waals surface area contributed by atoms with Gasteiger partial charge in [-0.2, -0.15) is 0 Å². The molecule has 0 amide bonds. The first-order valence-corrected chi connectivity index (χ1v) is 4.95. The number of aliphatic carboxylic acids is 1. The summed E-state index contributed by atoms with van der Waals surface area (Å²) >= 11 is 7.14. The molecule has 1 aromatic heterocycles.